The highest BCUT2D eigenvalue weighted by molar-refractivity contribution is 9.18. The molecular weight excluding hydrogens is 274 g/mol. The summed E-state index contributed by atoms with van der Waals surface area (Å²) in [6, 6.07) is 8.24. The Morgan fingerprint density at radius 2 is 2.20 bits per heavy atom. The van der Waals surface area contributed by atoms with E-state index in [1.165, 1.54) is 15.6 Å². The van der Waals surface area contributed by atoms with Gasteiger partial charge in [-0.2, -0.15) is 0 Å². The molecule has 2 nitrogen and oxygen atoms in total. The fourth-order valence-corrected chi connectivity index (χ4v) is 2.55. The molecule has 0 atom stereocenters. The second-order valence-corrected chi connectivity index (χ2v) is 4.96. The molecule has 15 heavy (non-hydrogen) atoms. The number of carbonyl (C=O) groups excluding carboxylic acids is 1. The third kappa shape index (κ3) is 2.21. The van der Waals surface area contributed by atoms with E-state index in [0.717, 1.165) is 0 Å². The van der Waals surface area contributed by atoms with Gasteiger partial charge >= 0.3 is 0 Å². The average Bonchev–Trinajstić information content (AvgIpc) is 2.62. The third-order valence-corrected chi connectivity index (χ3v) is 3.89. The third-order valence-electron chi connectivity index (χ3n) is 2.27. The highest BCUT2D eigenvalue weighted by Crippen LogP contribution is 2.26. The minimum atomic E-state index is -0.0854. The SMILES string of the molecule is CN(Cc1csc2ccccc12)C(=O)Br. The number of benzene rings is 1. The first-order valence-corrected chi connectivity index (χ1v) is 6.21. The van der Waals surface area contributed by atoms with E-state index in [-0.39, 0.29) is 4.82 Å². The van der Waals surface area contributed by atoms with Gasteiger partial charge in [0.2, 0.25) is 0 Å². The molecule has 0 aliphatic heterocycles. The van der Waals surface area contributed by atoms with Crippen LogP contribution in [0.1, 0.15) is 5.56 Å². The van der Waals surface area contributed by atoms with Crippen LogP contribution < -0.4 is 0 Å². The number of amides is 1. The molecule has 0 saturated heterocycles. The van der Waals surface area contributed by atoms with Gasteiger partial charge < -0.3 is 4.90 Å². The number of carbonyl (C=O) groups is 1. The van der Waals surface area contributed by atoms with Crippen LogP contribution in [0.5, 0.6) is 0 Å². The molecule has 0 radical (unpaired) electrons. The van der Waals surface area contributed by atoms with Crippen molar-refractivity contribution in [2.45, 2.75) is 6.54 Å². The molecule has 0 fully saturated rings. The fourth-order valence-electron chi connectivity index (χ4n) is 1.47. The predicted octanol–water partition coefficient (Wildman–Crippen LogP) is 3.85. The molecule has 0 N–H and O–H groups in total. The van der Waals surface area contributed by atoms with Gasteiger partial charge in [0.15, 0.2) is 0 Å². The fraction of sp³-hybridized carbons (Fsp3) is 0.182. The summed E-state index contributed by atoms with van der Waals surface area (Å²) < 4.78 is 1.27. The molecule has 1 aromatic heterocycles. The van der Waals surface area contributed by atoms with Gasteiger partial charge in [-0.3, -0.25) is 4.79 Å². The van der Waals surface area contributed by atoms with Crippen LogP contribution in [0.2, 0.25) is 0 Å². The lowest BCUT2D eigenvalue weighted by Crippen LogP contribution is -2.19. The maximum absolute atomic E-state index is 11.1. The topological polar surface area (TPSA) is 20.3 Å². The van der Waals surface area contributed by atoms with E-state index in [0.29, 0.717) is 6.54 Å². The van der Waals surface area contributed by atoms with Crippen LogP contribution in [0.25, 0.3) is 10.1 Å². The molecule has 1 heterocycles. The van der Waals surface area contributed by atoms with E-state index >= 15 is 0 Å². The largest absolute Gasteiger partial charge is 0.332 e. The van der Waals surface area contributed by atoms with Crippen LogP contribution >= 0.6 is 27.3 Å². The van der Waals surface area contributed by atoms with Gasteiger partial charge in [0.1, 0.15) is 0 Å². The van der Waals surface area contributed by atoms with Crippen LogP contribution in [0.15, 0.2) is 29.6 Å². The van der Waals surface area contributed by atoms with Gasteiger partial charge in [-0.05, 0) is 22.4 Å². The van der Waals surface area contributed by atoms with Gasteiger partial charge in [0, 0.05) is 34.2 Å². The summed E-state index contributed by atoms with van der Waals surface area (Å²) in [4.78, 5) is 12.6. The summed E-state index contributed by atoms with van der Waals surface area (Å²) in [6.45, 7) is 0.647. The molecule has 0 unspecified atom stereocenters. The predicted molar refractivity (Wildman–Crippen MR) is 67.6 cm³/mol. The summed E-state index contributed by atoms with van der Waals surface area (Å²) in [5.41, 5.74) is 1.20. The van der Waals surface area contributed by atoms with Crippen molar-refractivity contribution in [1.29, 1.82) is 0 Å². The zero-order valence-electron chi connectivity index (χ0n) is 8.24. The normalized spacial score (nSPS) is 10.5. The Morgan fingerprint density at radius 3 is 2.93 bits per heavy atom. The Morgan fingerprint density at radius 1 is 1.47 bits per heavy atom. The van der Waals surface area contributed by atoms with E-state index in [4.69, 9.17) is 0 Å². The molecule has 0 bridgehead atoms. The van der Waals surface area contributed by atoms with Crippen molar-refractivity contribution in [1.82, 2.24) is 4.90 Å². The Hall–Kier alpha value is -0.870. The molecule has 2 rings (SSSR count). The van der Waals surface area contributed by atoms with Crippen molar-refractivity contribution in [3.63, 3.8) is 0 Å². The lowest BCUT2D eigenvalue weighted by atomic mass is 10.2. The molecule has 0 saturated carbocycles. The van der Waals surface area contributed by atoms with Crippen molar-refractivity contribution in [3.8, 4) is 0 Å². The number of fused-ring (bicyclic) bond motifs is 1. The van der Waals surface area contributed by atoms with Crippen LogP contribution in [0, 0.1) is 0 Å². The zero-order valence-corrected chi connectivity index (χ0v) is 10.6. The molecule has 2 aromatic rings. The maximum Gasteiger partial charge on any atom is 0.289 e. The monoisotopic (exact) mass is 283 g/mol. The van der Waals surface area contributed by atoms with Gasteiger partial charge in [-0.1, -0.05) is 18.2 Å². The Labute approximate surface area is 101 Å². The zero-order chi connectivity index (χ0) is 10.8. The molecular formula is C11H10BrNOS. The highest BCUT2D eigenvalue weighted by Gasteiger charge is 2.08. The van der Waals surface area contributed by atoms with Crippen molar-refractivity contribution < 1.29 is 4.79 Å². The highest BCUT2D eigenvalue weighted by atomic mass is 79.9. The van der Waals surface area contributed by atoms with E-state index in [1.54, 1.807) is 23.3 Å². The second-order valence-electron chi connectivity index (χ2n) is 3.37. The van der Waals surface area contributed by atoms with Gasteiger partial charge in [-0.15, -0.1) is 11.3 Å². The lowest BCUT2D eigenvalue weighted by Gasteiger charge is -2.12. The van der Waals surface area contributed by atoms with E-state index in [1.807, 2.05) is 12.1 Å². The number of halogens is 1. The molecule has 1 amide bonds. The van der Waals surface area contributed by atoms with Crippen LogP contribution in [-0.2, 0) is 6.54 Å². The first kappa shape index (κ1) is 10.6. The first-order chi connectivity index (χ1) is 7.18. The van der Waals surface area contributed by atoms with Crippen molar-refractivity contribution in [3.05, 3.63) is 35.2 Å². The summed E-state index contributed by atoms with van der Waals surface area (Å²) in [5, 5.41) is 3.35. The van der Waals surface area contributed by atoms with E-state index in [9.17, 15) is 4.79 Å². The standard InChI is InChI=1S/C11H10BrNOS/c1-13(11(12)14)6-8-7-15-10-5-3-2-4-9(8)10/h2-5,7H,6H2,1H3. The average molecular weight is 284 g/mol. The molecule has 4 heteroatoms. The van der Waals surface area contributed by atoms with Crippen molar-refractivity contribution in [2.75, 3.05) is 7.05 Å². The molecule has 0 aliphatic rings. The number of hydrogen-bond acceptors (Lipinski definition) is 2. The summed E-state index contributed by atoms with van der Waals surface area (Å²) >= 11 is 4.65. The number of nitrogens with zero attached hydrogens (tertiary/aromatic N) is 1. The van der Waals surface area contributed by atoms with Crippen molar-refractivity contribution in [2.24, 2.45) is 0 Å². The van der Waals surface area contributed by atoms with Gasteiger partial charge in [0.05, 0.1) is 0 Å². The Kier molecular flexibility index (Phi) is 3.07. The minimum absolute atomic E-state index is 0.0854. The number of hydrogen-bond donors (Lipinski definition) is 0. The first-order valence-electron chi connectivity index (χ1n) is 4.54. The summed E-state index contributed by atoms with van der Waals surface area (Å²) in [7, 11) is 1.78. The van der Waals surface area contributed by atoms with Crippen LogP contribution in [0.4, 0.5) is 4.79 Å². The molecule has 0 aliphatic carbocycles. The number of thiophene rings is 1. The van der Waals surface area contributed by atoms with Crippen LogP contribution in [0.3, 0.4) is 0 Å². The summed E-state index contributed by atoms with van der Waals surface area (Å²) in [6.07, 6.45) is 0. The van der Waals surface area contributed by atoms with Crippen molar-refractivity contribution >= 4 is 42.2 Å². The number of rotatable bonds is 2. The van der Waals surface area contributed by atoms with E-state index < -0.39 is 0 Å². The molecule has 1 aromatic carbocycles. The van der Waals surface area contributed by atoms with Gasteiger partial charge in [-0.25, -0.2) is 0 Å². The van der Waals surface area contributed by atoms with Crippen LogP contribution in [-0.4, -0.2) is 16.8 Å². The van der Waals surface area contributed by atoms with E-state index in [2.05, 4.69) is 33.4 Å². The minimum Gasteiger partial charge on any atom is -0.332 e. The quantitative estimate of drug-likeness (QED) is 0.606. The second kappa shape index (κ2) is 4.33. The smallest absolute Gasteiger partial charge is 0.289 e. The maximum atomic E-state index is 11.1. The Bertz CT molecular complexity index is 494. The summed E-state index contributed by atoms with van der Waals surface area (Å²) in [5.74, 6) is 0. The molecule has 0 spiro atoms. The lowest BCUT2D eigenvalue weighted by molar-refractivity contribution is 0.233. The molecule has 78 valence electrons. The Balaban J connectivity index is 2.32. The van der Waals surface area contributed by atoms with Gasteiger partial charge in [0.25, 0.3) is 4.82 Å².